The molecule has 1 heterocycles. The van der Waals surface area contributed by atoms with Gasteiger partial charge in [-0.15, -0.1) is 11.8 Å². The van der Waals surface area contributed by atoms with Crippen LogP contribution in [0, 0.1) is 5.92 Å². The van der Waals surface area contributed by atoms with Crippen LogP contribution in [0.1, 0.15) is 27.7 Å². The lowest BCUT2D eigenvalue weighted by Gasteiger charge is -2.08. The fourth-order valence-corrected chi connectivity index (χ4v) is 2.48. The molecular formula is C8H14S. The van der Waals surface area contributed by atoms with E-state index in [1.165, 1.54) is 4.91 Å². The standard InChI is InChI=1S/C8H14S/c1-5-6(2)8(4)9-7(5)3/h5,7H,1-4H3/t5-,7?/m0/s1. The maximum atomic E-state index is 2.31. The van der Waals surface area contributed by atoms with Crippen molar-refractivity contribution >= 4 is 11.8 Å². The Morgan fingerprint density at radius 3 is 1.89 bits per heavy atom. The number of thioether (sulfide) groups is 1. The molecule has 1 aliphatic heterocycles. The van der Waals surface area contributed by atoms with E-state index in [1.807, 2.05) is 11.8 Å². The largest absolute Gasteiger partial charge is 0.127 e. The minimum atomic E-state index is 0.801. The molecule has 0 aliphatic carbocycles. The van der Waals surface area contributed by atoms with Crippen molar-refractivity contribution in [2.24, 2.45) is 5.92 Å². The fraction of sp³-hybridized carbons (Fsp3) is 0.750. The van der Waals surface area contributed by atoms with E-state index < -0.39 is 0 Å². The second-order valence-corrected chi connectivity index (χ2v) is 4.44. The monoisotopic (exact) mass is 142 g/mol. The van der Waals surface area contributed by atoms with Gasteiger partial charge in [-0.1, -0.05) is 19.4 Å². The van der Waals surface area contributed by atoms with Crippen LogP contribution in [0.3, 0.4) is 0 Å². The van der Waals surface area contributed by atoms with E-state index in [9.17, 15) is 0 Å². The highest BCUT2D eigenvalue weighted by Gasteiger charge is 2.23. The minimum absolute atomic E-state index is 0.801. The van der Waals surface area contributed by atoms with Gasteiger partial charge < -0.3 is 0 Å². The Labute approximate surface area is 61.7 Å². The summed E-state index contributed by atoms with van der Waals surface area (Å²) in [5, 5.41) is 0.810. The molecule has 1 heteroatoms. The molecule has 0 aromatic heterocycles. The van der Waals surface area contributed by atoms with Crippen LogP contribution in [0.5, 0.6) is 0 Å². The Balaban J connectivity index is 2.74. The Morgan fingerprint density at radius 2 is 1.78 bits per heavy atom. The molecule has 0 saturated carbocycles. The van der Waals surface area contributed by atoms with Crippen LogP contribution in [0.2, 0.25) is 0 Å². The van der Waals surface area contributed by atoms with Crippen LogP contribution in [0.15, 0.2) is 10.5 Å². The van der Waals surface area contributed by atoms with E-state index in [0.717, 1.165) is 11.2 Å². The van der Waals surface area contributed by atoms with E-state index in [1.54, 1.807) is 5.57 Å². The SMILES string of the molecule is CC1=C(C)[C@H](C)C(C)S1. The van der Waals surface area contributed by atoms with Crippen molar-refractivity contribution < 1.29 is 0 Å². The van der Waals surface area contributed by atoms with Gasteiger partial charge in [0.2, 0.25) is 0 Å². The van der Waals surface area contributed by atoms with Crippen molar-refractivity contribution in [1.29, 1.82) is 0 Å². The van der Waals surface area contributed by atoms with E-state index >= 15 is 0 Å². The van der Waals surface area contributed by atoms with Gasteiger partial charge in [-0.05, 0) is 24.7 Å². The van der Waals surface area contributed by atoms with E-state index in [4.69, 9.17) is 0 Å². The average molecular weight is 142 g/mol. The van der Waals surface area contributed by atoms with Gasteiger partial charge in [0.05, 0.1) is 0 Å². The van der Waals surface area contributed by atoms with Crippen molar-refractivity contribution in [2.45, 2.75) is 32.9 Å². The molecule has 1 unspecified atom stereocenters. The molecule has 0 bridgehead atoms. The Bertz CT molecular complexity index is 147. The molecule has 2 atom stereocenters. The van der Waals surface area contributed by atoms with Crippen molar-refractivity contribution in [3.63, 3.8) is 0 Å². The summed E-state index contributed by atoms with van der Waals surface area (Å²) in [6.07, 6.45) is 0. The third-order valence-corrected chi connectivity index (χ3v) is 3.76. The summed E-state index contributed by atoms with van der Waals surface area (Å²) < 4.78 is 0. The van der Waals surface area contributed by atoms with Gasteiger partial charge in [0.15, 0.2) is 0 Å². The predicted octanol–water partition coefficient (Wildman–Crippen LogP) is 3.05. The molecule has 0 saturated heterocycles. The summed E-state index contributed by atoms with van der Waals surface area (Å²) >= 11 is 2.02. The molecule has 0 radical (unpaired) electrons. The van der Waals surface area contributed by atoms with Gasteiger partial charge in [-0.3, -0.25) is 0 Å². The van der Waals surface area contributed by atoms with Crippen LogP contribution < -0.4 is 0 Å². The van der Waals surface area contributed by atoms with Crippen molar-refractivity contribution in [3.05, 3.63) is 10.5 Å². The highest BCUT2D eigenvalue weighted by atomic mass is 32.2. The number of hydrogen-bond donors (Lipinski definition) is 0. The normalized spacial score (nSPS) is 36.0. The number of rotatable bonds is 0. The lowest BCUT2D eigenvalue weighted by molar-refractivity contribution is 0.685. The fourth-order valence-electron chi connectivity index (χ4n) is 1.15. The lowest BCUT2D eigenvalue weighted by atomic mass is 10.0. The summed E-state index contributed by atoms with van der Waals surface area (Å²) in [4.78, 5) is 1.54. The third-order valence-electron chi connectivity index (χ3n) is 2.31. The first-order valence-corrected chi connectivity index (χ1v) is 4.35. The second kappa shape index (κ2) is 2.37. The van der Waals surface area contributed by atoms with Gasteiger partial charge >= 0.3 is 0 Å². The zero-order valence-electron chi connectivity index (χ0n) is 6.56. The smallest absolute Gasteiger partial charge is 0.0126 e. The maximum absolute atomic E-state index is 2.31. The van der Waals surface area contributed by atoms with Crippen LogP contribution >= 0.6 is 11.8 Å². The van der Waals surface area contributed by atoms with Crippen molar-refractivity contribution in [3.8, 4) is 0 Å². The summed E-state index contributed by atoms with van der Waals surface area (Å²) in [6, 6.07) is 0. The Hall–Kier alpha value is 0.0900. The quantitative estimate of drug-likeness (QED) is 0.501. The van der Waals surface area contributed by atoms with Crippen molar-refractivity contribution in [2.75, 3.05) is 0 Å². The molecule has 0 nitrogen and oxygen atoms in total. The molecule has 1 aliphatic rings. The molecule has 0 N–H and O–H groups in total. The summed E-state index contributed by atoms with van der Waals surface area (Å²) in [5.74, 6) is 0.801. The van der Waals surface area contributed by atoms with Gasteiger partial charge in [-0.2, -0.15) is 0 Å². The van der Waals surface area contributed by atoms with Gasteiger partial charge in [-0.25, -0.2) is 0 Å². The Kier molecular flexibility index (Phi) is 1.90. The predicted molar refractivity (Wildman–Crippen MR) is 44.6 cm³/mol. The summed E-state index contributed by atoms with van der Waals surface area (Å²) in [5.41, 5.74) is 1.59. The highest BCUT2D eigenvalue weighted by molar-refractivity contribution is 8.03. The molecule has 0 spiro atoms. The Morgan fingerprint density at radius 1 is 1.22 bits per heavy atom. The highest BCUT2D eigenvalue weighted by Crippen LogP contribution is 2.40. The van der Waals surface area contributed by atoms with E-state index in [-0.39, 0.29) is 0 Å². The molecule has 0 aromatic carbocycles. The molecule has 9 heavy (non-hydrogen) atoms. The van der Waals surface area contributed by atoms with Crippen molar-refractivity contribution in [1.82, 2.24) is 0 Å². The van der Waals surface area contributed by atoms with Crippen LogP contribution in [0.25, 0.3) is 0 Å². The zero-order chi connectivity index (χ0) is 7.02. The topological polar surface area (TPSA) is 0 Å². The number of allylic oxidation sites excluding steroid dienone is 2. The number of hydrogen-bond acceptors (Lipinski definition) is 1. The first-order chi connectivity index (χ1) is 4.13. The summed E-state index contributed by atoms with van der Waals surface area (Å²) in [7, 11) is 0. The van der Waals surface area contributed by atoms with Crippen LogP contribution in [-0.2, 0) is 0 Å². The molecular weight excluding hydrogens is 128 g/mol. The maximum Gasteiger partial charge on any atom is 0.0126 e. The summed E-state index contributed by atoms with van der Waals surface area (Å²) in [6.45, 7) is 9.08. The minimum Gasteiger partial charge on any atom is -0.127 e. The van der Waals surface area contributed by atoms with Gasteiger partial charge in [0.25, 0.3) is 0 Å². The average Bonchev–Trinajstić information content (AvgIpc) is 1.98. The lowest BCUT2D eigenvalue weighted by Crippen LogP contribution is -2.04. The third kappa shape index (κ3) is 1.16. The molecule has 1 rings (SSSR count). The van der Waals surface area contributed by atoms with Gasteiger partial charge in [0, 0.05) is 5.25 Å². The van der Waals surface area contributed by atoms with Crippen LogP contribution in [-0.4, -0.2) is 5.25 Å². The van der Waals surface area contributed by atoms with E-state index in [0.29, 0.717) is 0 Å². The zero-order valence-corrected chi connectivity index (χ0v) is 7.38. The molecule has 0 fully saturated rings. The van der Waals surface area contributed by atoms with E-state index in [2.05, 4.69) is 27.7 Å². The first-order valence-electron chi connectivity index (χ1n) is 3.47. The molecule has 0 aromatic rings. The first kappa shape index (κ1) is 7.20. The molecule has 52 valence electrons. The van der Waals surface area contributed by atoms with Crippen LogP contribution in [0.4, 0.5) is 0 Å². The van der Waals surface area contributed by atoms with Gasteiger partial charge in [0.1, 0.15) is 0 Å². The second-order valence-electron chi connectivity index (χ2n) is 2.85. The molecule has 0 amide bonds.